The Hall–Kier alpha value is -1.10. The smallest absolute Gasteiger partial charge is 0.234 e. The van der Waals surface area contributed by atoms with Crippen LogP contribution in [0.25, 0.3) is 0 Å². The SMILES string of the molecule is CCC(CC)NC(=O)CNCCCCC(N)=O. The van der Waals surface area contributed by atoms with E-state index in [1.165, 1.54) is 0 Å². The first-order valence-corrected chi connectivity index (χ1v) is 6.38. The summed E-state index contributed by atoms with van der Waals surface area (Å²) in [6.07, 6.45) is 3.97. The molecule has 0 saturated heterocycles. The van der Waals surface area contributed by atoms with Gasteiger partial charge in [0, 0.05) is 12.5 Å². The molecule has 0 atom stereocenters. The largest absolute Gasteiger partial charge is 0.370 e. The van der Waals surface area contributed by atoms with Crippen molar-refractivity contribution in [3.8, 4) is 0 Å². The Bertz CT molecular complexity index is 228. The second-order valence-electron chi connectivity index (χ2n) is 4.18. The van der Waals surface area contributed by atoms with Crippen LogP contribution < -0.4 is 16.4 Å². The molecule has 0 aromatic carbocycles. The number of hydrogen-bond acceptors (Lipinski definition) is 3. The van der Waals surface area contributed by atoms with Crippen LogP contribution in [0.2, 0.25) is 0 Å². The fraction of sp³-hybridized carbons (Fsp3) is 0.833. The minimum absolute atomic E-state index is 0.0357. The van der Waals surface area contributed by atoms with Gasteiger partial charge < -0.3 is 16.4 Å². The van der Waals surface area contributed by atoms with Crippen molar-refractivity contribution in [1.29, 1.82) is 0 Å². The van der Waals surface area contributed by atoms with Gasteiger partial charge in [-0.25, -0.2) is 0 Å². The van der Waals surface area contributed by atoms with Crippen molar-refractivity contribution in [2.75, 3.05) is 13.1 Å². The highest BCUT2D eigenvalue weighted by Gasteiger charge is 2.07. The first-order valence-electron chi connectivity index (χ1n) is 6.38. The molecule has 4 N–H and O–H groups in total. The Morgan fingerprint density at radius 2 is 1.82 bits per heavy atom. The molecule has 0 spiro atoms. The second kappa shape index (κ2) is 10.1. The molecule has 0 aromatic rings. The van der Waals surface area contributed by atoms with Gasteiger partial charge in [-0.1, -0.05) is 13.8 Å². The fourth-order valence-electron chi connectivity index (χ4n) is 1.52. The first kappa shape index (κ1) is 15.9. The maximum atomic E-state index is 11.5. The summed E-state index contributed by atoms with van der Waals surface area (Å²) in [5, 5.41) is 6.00. The van der Waals surface area contributed by atoms with Gasteiger partial charge in [0.1, 0.15) is 0 Å². The number of nitrogens with one attached hydrogen (secondary N) is 2. The lowest BCUT2D eigenvalue weighted by Gasteiger charge is -2.14. The zero-order valence-corrected chi connectivity index (χ0v) is 10.9. The number of amides is 2. The average molecular weight is 243 g/mol. The summed E-state index contributed by atoms with van der Waals surface area (Å²) in [4.78, 5) is 21.9. The number of primary amides is 1. The Kier molecular flexibility index (Phi) is 9.43. The lowest BCUT2D eigenvalue weighted by atomic mass is 10.2. The zero-order chi connectivity index (χ0) is 13.1. The third-order valence-corrected chi connectivity index (χ3v) is 2.66. The summed E-state index contributed by atoms with van der Waals surface area (Å²) in [5.74, 6) is -0.231. The molecular formula is C12H25N3O2. The van der Waals surface area contributed by atoms with Crippen molar-refractivity contribution in [2.24, 2.45) is 5.73 Å². The van der Waals surface area contributed by atoms with Gasteiger partial charge in [0.15, 0.2) is 0 Å². The number of hydrogen-bond donors (Lipinski definition) is 3. The molecule has 0 rings (SSSR count). The highest BCUT2D eigenvalue weighted by molar-refractivity contribution is 5.78. The van der Waals surface area contributed by atoms with Gasteiger partial charge in [0.05, 0.1) is 6.54 Å². The molecule has 0 unspecified atom stereocenters. The number of carbonyl (C=O) groups is 2. The van der Waals surface area contributed by atoms with E-state index in [0.717, 1.165) is 32.2 Å². The molecule has 5 heteroatoms. The van der Waals surface area contributed by atoms with Crippen LogP contribution in [0.3, 0.4) is 0 Å². The molecule has 17 heavy (non-hydrogen) atoms. The standard InChI is InChI=1S/C12H25N3O2/c1-3-10(4-2)15-12(17)9-14-8-6-5-7-11(13)16/h10,14H,3-9H2,1-2H3,(H2,13,16)(H,15,17). The van der Waals surface area contributed by atoms with Crippen LogP contribution in [-0.2, 0) is 9.59 Å². The summed E-state index contributed by atoms with van der Waals surface area (Å²) < 4.78 is 0. The van der Waals surface area contributed by atoms with Crippen LogP contribution in [-0.4, -0.2) is 30.9 Å². The molecule has 0 fully saturated rings. The van der Waals surface area contributed by atoms with E-state index in [1.807, 2.05) is 0 Å². The van der Waals surface area contributed by atoms with Crippen molar-refractivity contribution in [3.05, 3.63) is 0 Å². The Balaban J connectivity index is 3.42. The highest BCUT2D eigenvalue weighted by atomic mass is 16.2. The summed E-state index contributed by atoms with van der Waals surface area (Å²) in [7, 11) is 0. The minimum Gasteiger partial charge on any atom is -0.370 e. The topological polar surface area (TPSA) is 84.2 Å². The van der Waals surface area contributed by atoms with Gasteiger partial charge in [-0.2, -0.15) is 0 Å². The lowest BCUT2D eigenvalue weighted by molar-refractivity contribution is -0.121. The molecular weight excluding hydrogens is 218 g/mol. The number of nitrogens with two attached hydrogens (primary N) is 1. The van der Waals surface area contributed by atoms with Gasteiger partial charge >= 0.3 is 0 Å². The van der Waals surface area contributed by atoms with Crippen LogP contribution >= 0.6 is 0 Å². The van der Waals surface area contributed by atoms with Gasteiger partial charge in [-0.15, -0.1) is 0 Å². The fourth-order valence-corrected chi connectivity index (χ4v) is 1.52. The average Bonchev–Trinajstić information content (AvgIpc) is 2.30. The van der Waals surface area contributed by atoms with Crippen molar-refractivity contribution in [2.45, 2.75) is 52.0 Å². The van der Waals surface area contributed by atoms with Crippen molar-refractivity contribution >= 4 is 11.8 Å². The number of carbonyl (C=O) groups excluding carboxylic acids is 2. The molecule has 5 nitrogen and oxygen atoms in total. The van der Waals surface area contributed by atoms with E-state index >= 15 is 0 Å². The van der Waals surface area contributed by atoms with Crippen LogP contribution in [0.5, 0.6) is 0 Å². The van der Waals surface area contributed by atoms with E-state index in [2.05, 4.69) is 24.5 Å². The van der Waals surface area contributed by atoms with Crippen LogP contribution in [0.4, 0.5) is 0 Å². The first-order chi connectivity index (χ1) is 8.10. The Morgan fingerprint density at radius 1 is 1.18 bits per heavy atom. The van der Waals surface area contributed by atoms with Gasteiger partial charge in [-0.05, 0) is 32.2 Å². The predicted molar refractivity (Wildman–Crippen MR) is 68.4 cm³/mol. The van der Waals surface area contributed by atoms with Gasteiger partial charge in [0.25, 0.3) is 0 Å². The second-order valence-corrected chi connectivity index (χ2v) is 4.18. The van der Waals surface area contributed by atoms with Crippen LogP contribution in [0.15, 0.2) is 0 Å². The van der Waals surface area contributed by atoms with Crippen LogP contribution in [0, 0.1) is 0 Å². The summed E-state index contributed by atoms with van der Waals surface area (Å²) in [6, 6.07) is 0.277. The molecule has 0 radical (unpaired) electrons. The monoisotopic (exact) mass is 243 g/mol. The van der Waals surface area contributed by atoms with Gasteiger partial charge in [0.2, 0.25) is 11.8 Å². The molecule has 0 bridgehead atoms. The van der Waals surface area contributed by atoms with E-state index in [1.54, 1.807) is 0 Å². The summed E-state index contributed by atoms with van der Waals surface area (Å²) in [6.45, 7) is 5.20. The minimum atomic E-state index is -0.267. The summed E-state index contributed by atoms with van der Waals surface area (Å²) in [5.41, 5.74) is 5.02. The number of rotatable bonds is 10. The van der Waals surface area contributed by atoms with E-state index in [9.17, 15) is 9.59 Å². The zero-order valence-electron chi connectivity index (χ0n) is 10.9. The third-order valence-electron chi connectivity index (χ3n) is 2.66. The molecule has 100 valence electrons. The van der Waals surface area contributed by atoms with E-state index in [-0.39, 0.29) is 17.9 Å². The van der Waals surface area contributed by atoms with Gasteiger partial charge in [-0.3, -0.25) is 9.59 Å². The van der Waals surface area contributed by atoms with Crippen molar-refractivity contribution < 1.29 is 9.59 Å². The molecule has 0 aliphatic carbocycles. The van der Waals surface area contributed by atoms with Crippen molar-refractivity contribution in [1.82, 2.24) is 10.6 Å². The quantitative estimate of drug-likeness (QED) is 0.489. The van der Waals surface area contributed by atoms with Crippen molar-refractivity contribution in [3.63, 3.8) is 0 Å². The molecule has 0 heterocycles. The maximum absolute atomic E-state index is 11.5. The molecule has 0 aliphatic heterocycles. The Morgan fingerprint density at radius 3 is 2.35 bits per heavy atom. The van der Waals surface area contributed by atoms with Crippen LogP contribution in [0.1, 0.15) is 46.0 Å². The maximum Gasteiger partial charge on any atom is 0.234 e. The number of unbranched alkanes of at least 4 members (excludes halogenated alkanes) is 1. The molecule has 2 amide bonds. The Labute approximate surface area is 104 Å². The van der Waals surface area contributed by atoms with E-state index in [4.69, 9.17) is 5.73 Å². The highest BCUT2D eigenvalue weighted by Crippen LogP contribution is 1.95. The van der Waals surface area contributed by atoms with E-state index in [0.29, 0.717) is 13.0 Å². The predicted octanol–water partition coefficient (Wildman–Crippen LogP) is 0.536. The third kappa shape index (κ3) is 9.81. The molecule has 0 saturated carbocycles. The molecule has 0 aromatic heterocycles. The summed E-state index contributed by atoms with van der Waals surface area (Å²) >= 11 is 0. The normalized spacial score (nSPS) is 10.5. The lowest BCUT2D eigenvalue weighted by Crippen LogP contribution is -2.40. The van der Waals surface area contributed by atoms with E-state index < -0.39 is 0 Å². The molecule has 0 aliphatic rings.